The minimum atomic E-state index is -0.828. The number of amides is 1. The average Bonchev–Trinajstić information content (AvgIpc) is 2.39. The van der Waals surface area contributed by atoms with Gasteiger partial charge in [-0.2, -0.15) is 5.48 Å². The van der Waals surface area contributed by atoms with E-state index in [0.29, 0.717) is 5.56 Å². The molecule has 1 atom stereocenters. The van der Waals surface area contributed by atoms with Crippen molar-refractivity contribution in [3.05, 3.63) is 35.9 Å². The molecule has 0 aliphatic carbocycles. The monoisotopic (exact) mass is 251 g/mol. The molecule has 0 heterocycles. The number of methoxy groups -OCH3 is 1. The quantitative estimate of drug-likeness (QED) is 0.815. The fraction of sp³-hybridized carbons (Fsp3) is 0.385. The van der Waals surface area contributed by atoms with Crippen LogP contribution in [0.4, 0.5) is 4.79 Å². The lowest BCUT2D eigenvalue weighted by molar-refractivity contribution is -0.138. The lowest BCUT2D eigenvalue weighted by Crippen LogP contribution is -2.31. The van der Waals surface area contributed by atoms with Gasteiger partial charge in [0.2, 0.25) is 0 Å². The summed E-state index contributed by atoms with van der Waals surface area (Å²) < 4.78 is 4.39. The first-order chi connectivity index (χ1) is 8.56. The van der Waals surface area contributed by atoms with Crippen LogP contribution in [0.1, 0.15) is 25.5 Å². The molecule has 0 aliphatic heterocycles. The van der Waals surface area contributed by atoms with Crippen molar-refractivity contribution in [2.24, 2.45) is 5.92 Å². The number of nitrogens with one attached hydrogen (secondary N) is 1. The summed E-state index contributed by atoms with van der Waals surface area (Å²) in [6, 6.07) is 8.98. The molecule has 5 heteroatoms. The largest absolute Gasteiger partial charge is 0.451 e. The number of carbonyl (C=O) groups excluding carboxylic acids is 2. The second-order valence-electron chi connectivity index (χ2n) is 4.06. The summed E-state index contributed by atoms with van der Waals surface area (Å²) in [5.41, 5.74) is 2.77. The molecule has 1 amide bonds. The fourth-order valence-corrected chi connectivity index (χ4v) is 1.37. The zero-order valence-electron chi connectivity index (χ0n) is 10.7. The summed E-state index contributed by atoms with van der Waals surface area (Å²) in [7, 11) is 1.22. The number of ketones is 1. The lowest BCUT2D eigenvalue weighted by atomic mass is 9.98. The number of benzene rings is 1. The lowest BCUT2D eigenvalue weighted by Gasteiger charge is -2.18. The predicted molar refractivity (Wildman–Crippen MR) is 65.7 cm³/mol. The minimum absolute atomic E-state index is 0.113. The van der Waals surface area contributed by atoms with Crippen molar-refractivity contribution in [3.63, 3.8) is 0 Å². The van der Waals surface area contributed by atoms with E-state index < -0.39 is 12.2 Å². The van der Waals surface area contributed by atoms with E-state index in [2.05, 4.69) is 10.2 Å². The SMILES string of the molecule is COC(=O)NOC(C(=O)C(C)C)c1ccccc1. The smallest absolute Gasteiger partial charge is 0.431 e. The first-order valence-electron chi connectivity index (χ1n) is 5.64. The summed E-state index contributed by atoms with van der Waals surface area (Å²) >= 11 is 0. The van der Waals surface area contributed by atoms with Gasteiger partial charge in [-0.3, -0.25) is 9.63 Å². The highest BCUT2D eigenvalue weighted by atomic mass is 16.7. The van der Waals surface area contributed by atoms with Crippen LogP contribution in [-0.4, -0.2) is 19.0 Å². The van der Waals surface area contributed by atoms with Crippen LogP contribution >= 0.6 is 0 Å². The van der Waals surface area contributed by atoms with Gasteiger partial charge in [0, 0.05) is 5.92 Å². The van der Waals surface area contributed by atoms with Gasteiger partial charge in [-0.05, 0) is 5.56 Å². The third kappa shape index (κ3) is 3.85. The second kappa shape index (κ2) is 6.76. The van der Waals surface area contributed by atoms with E-state index in [9.17, 15) is 9.59 Å². The molecule has 5 nitrogen and oxygen atoms in total. The van der Waals surface area contributed by atoms with Gasteiger partial charge in [0.25, 0.3) is 0 Å². The van der Waals surface area contributed by atoms with Crippen molar-refractivity contribution in [1.82, 2.24) is 5.48 Å². The molecule has 0 aliphatic rings. The Bertz CT molecular complexity index is 403. The molecule has 1 unspecified atom stereocenters. The van der Waals surface area contributed by atoms with Crippen molar-refractivity contribution in [2.75, 3.05) is 7.11 Å². The van der Waals surface area contributed by atoms with Crippen LogP contribution in [0.2, 0.25) is 0 Å². The average molecular weight is 251 g/mol. The highest BCUT2D eigenvalue weighted by Crippen LogP contribution is 2.20. The van der Waals surface area contributed by atoms with Gasteiger partial charge in [-0.25, -0.2) is 4.79 Å². The Hall–Kier alpha value is -1.88. The topological polar surface area (TPSA) is 64.6 Å². The van der Waals surface area contributed by atoms with E-state index in [1.54, 1.807) is 38.1 Å². The van der Waals surface area contributed by atoms with E-state index in [1.165, 1.54) is 7.11 Å². The van der Waals surface area contributed by atoms with E-state index in [-0.39, 0.29) is 11.7 Å². The third-order valence-electron chi connectivity index (χ3n) is 2.38. The molecule has 0 bridgehead atoms. The van der Waals surface area contributed by atoms with Gasteiger partial charge in [-0.1, -0.05) is 44.2 Å². The summed E-state index contributed by atoms with van der Waals surface area (Å²) in [5.74, 6) is -0.313. The van der Waals surface area contributed by atoms with E-state index >= 15 is 0 Å². The predicted octanol–water partition coefficient (Wildman–Crippen LogP) is 2.24. The molecule has 1 aromatic carbocycles. The molecule has 0 saturated carbocycles. The van der Waals surface area contributed by atoms with Crippen LogP contribution in [0, 0.1) is 5.92 Å². The van der Waals surface area contributed by atoms with Gasteiger partial charge in [-0.15, -0.1) is 0 Å². The van der Waals surface area contributed by atoms with E-state index in [0.717, 1.165) is 0 Å². The number of ether oxygens (including phenoxy) is 1. The maximum absolute atomic E-state index is 12.0. The molecule has 1 N–H and O–H groups in total. The minimum Gasteiger partial charge on any atom is -0.451 e. The molecular weight excluding hydrogens is 234 g/mol. The van der Waals surface area contributed by atoms with Crippen molar-refractivity contribution < 1.29 is 19.2 Å². The third-order valence-corrected chi connectivity index (χ3v) is 2.38. The maximum atomic E-state index is 12.0. The summed E-state index contributed by atoms with van der Waals surface area (Å²) in [5, 5.41) is 0. The zero-order chi connectivity index (χ0) is 13.5. The highest BCUT2D eigenvalue weighted by molar-refractivity contribution is 5.86. The Labute approximate surface area is 106 Å². The number of Topliss-reactive ketones (excluding diaryl/α,β-unsaturated/α-hetero) is 1. The maximum Gasteiger partial charge on any atom is 0.431 e. The highest BCUT2D eigenvalue weighted by Gasteiger charge is 2.25. The standard InChI is InChI=1S/C13H17NO4/c1-9(2)11(15)12(18-14-13(16)17-3)10-7-5-4-6-8-10/h4-9,12H,1-3H3,(H,14,16). The van der Waals surface area contributed by atoms with Crippen LogP contribution in [0.15, 0.2) is 30.3 Å². The molecule has 0 aromatic heterocycles. The van der Waals surface area contributed by atoms with Crippen LogP contribution in [-0.2, 0) is 14.4 Å². The molecule has 0 saturated heterocycles. The normalized spacial score (nSPS) is 12.0. The molecule has 0 fully saturated rings. The summed E-state index contributed by atoms with van der Waals surface area (Å²) in [6.07, 6.45) is -1.57. The Balaban J connectivity index is 2.83. The van der Waals surface area contributed by atoms with Crippen molar-refractivity contribution in [1.29, 1.82) is 0 Å². The Morgan fingerprint density at radius 3 is 2.28 bits per heavy atom. The number of rotatable bonds is 5. The molecule has 18 heavy (non-hydrogen) atoms. The fourth-order valence-electron chi connectivity index (χ4n) is 1.37. The Kier molecular flexibility index (Phi) is 5.32. The van der Waals surface area contributed by atoms with Crippen molar-refractivity contribution in [2.45, 2.75) is 20.0 Å². The van der Waals surface area contributed by atoms with Crippen LogP contribution < -0.4 is 5.48 Å². The van der Waals surface area contributed by atoms with Gasteiger partial charge in [0.1, 0.15) is 0 Å². The van der Waals surface area contributed by atoms with Crippen LogP contribution in [0.3, 0.4) is 0 Å². The number of hydrogen-bond acceptors (Lipinski definition) is 4. The van der Waals surface area contributed by atoms with Gasteiger partial charge in [0.05, 0.1) is 7.11 Å². The number of carbonyl (C=O) groups is 2. The number of hydroxylamine groups is 1. The van der Waals surface area contributed by atoms with Crippen molar-refractivity contribution in [3.8, 4) is 0 Å². The van der Waals surface area contributed by atoms with Gasteiger partial charge in [0.15, 0.2) is 11.9 Å². The Morgan fingerprint density at radius 2 is 1.78 bits per heavy atom. The summed E-state index contributed by atoms with van der Waals surface area (Å²) in [6.45, 7) is 3.56. The first kappa shape index (κ1) is 14.2. The molecule has 98 valence electrons. The second-order valence-corrected chi connectivity index (χ2v) is 4.06. The van der Waals surface area contributed by atoms with Crippen LogP contribution in [0.25, 0.3) is 0 Å². The van der Waals surface area contributed by atoms with Crippen LogP contribution in [0.5, 0.6) is 0 Å². The zero-order valence-corrected chi connectivity index (χ0v) is 10.7. The number of hydrogen-bond donors (Lipinski definition) is 1. The van der Waals surface area contributed by atoms with Gasteiger partial charge >= 0.3 is 6.09 Å². The first-order valence-corrected chi connectivity index (χ1v) is 5.64. The Morgan fingerprint density at radius 1 is 1.17 bits per heavy atom. The van der Waals surface area contributed by atoms with E-state index in [1.807, 2.05) is 6.07 Å². The molecular formula is C13H17NO4. The summed E-state index contributed by atoms with van der Waals surface area (Å²) in [4.78, 5) is 28.1. The molecule has 1 aromatic rings. The van der Waals surface area contributed by atoms with E-state index in [4.69, 9.17) is 4.84 Å². The molecule has 1 rings (SSSR count). The molecule has 0 radical (unpaired) electrons. The molecule has 0 spiro atoms. The van der Waals surface area contributed by atoms with Crippen molar-refractivity contribution >= 4 is 11.9 Å². The van der Waals surface area contributed by atoms with Gasteiger partial charge < -0.3 is 4.74 Å².